The average molecular weight is 525 g/mol. The number of hydrogen-bond donors (Lipinski definition) is 2. The van der Waals surface area contributed by atoms with Gasteiger partial charge in [-0.1, -0.05) is 6.58 Å². The van der Waals surface area contributed by atoms with E-state index >= 15 is 0 Å². The number of nitrogens with one attached hydrogen (secondary N) is 2. The van der Waals surface area contributed by atoms with Gasteiger partial charge in [0, 0.05) is 50.0 Å². The van der Waals surface area contributed by atoms with Crippen molar-refractivity contribution in [2.75, 3.05) is 61.8 Å². The third-order valence-electron chi connectivity index (χ3n) is 6.30. The van der Waals surface area contributed by atoms with Crippen molar-refractivity contribution in [1.82, 2.24) is 19.8 Å². The van der Waals surface area contributed by atoms with Crippen molar-refractivity contribution in [2.45, 2.75) is 46.3 Å². The molecule has 0 atom stereocenters. The van der Waals surface area contributed by atoms with Crippen molar-refractivity contribution in [3.8, 4) is 5.75 Å². The Bertz CT molecular complexity index is 1180. The van der Waals surface area contributed by atoms with Gasteiger partial charge in [0.15, 0.2) is 0 Å². The Balaban J connectivity index is 2.02. The van der Waals surface area contributed by atoms with Crippen molar-refractivity contribution in [3.63, 3.8) is 0 Å². The summed E-state index contributed by atoms with van der Waals surface area (Å²) < 4.78 is 5.69. The highest BCUT2D eigenvalue weighted by atomic mass is 16.5. The van der Waals surface area contributed by atoms with Crippen LogP contribution in [0, 0.1) is 0 Å². The van der Waals surface area contributed by atoms with Crippen LogP contribution in [0.25, 0.3) is 0 Å². The maximum Gasteiger partial charge on any atom is 0.326 e. The molecule has 1 aliphatic heterocycles. The lowest BCUT2D eigenvalue weighted by molar-refractivity contribution is -0.111. The Kier molecular flexibility index (Phi) is 9.16. The fourth-order valence-electron chi connectivity index (χ4n) is 4.15. The Morgan fingerprint density at radius 2 is 1.87 bits per heavy atom. The van der Waals surface area contributed by atoms with Gasteiger partial charge in [-0.2, -0.15) is 4.98 Å². The topological polar surface area (TPSA) is 106 Å². The molecule has 0 radical (unpaired) electrons. The molecule has 1 aliphatic rings. The summed E-state index contributed by atoms with van der Waals surface area (Å²) in [7, 11) is 7.56. The zero-order valence-corrected chi connectivity index (χ0v) is 23.7. The standard InChI is InChI=1S/C27H40N8O3/c1-10-24(36)29-20-13-21(23(38-9)14-22(20)33(8)12-11-32(6)7)30-26-28-15-19-16-34(17(2)3)27(37)35(18(4)5)25(19)31-26/h10,13-15,17-18H,1,11-12,16H2,2-9H3,(H,29,36)(H,28,30,31). The van der Waals surface area contributed by atoms with Gasteiger partial charge >= 0.3 is 6.03 Å². The summed E-state index contributed by atoms with van der Waals surface area (Å²) in [5, 5.41) is 6.12. The molecule has 2 heterocycles. The summed E-state index contributed by atoms with van der Waals surface area (Å²) in [5.41, 5.74) is 2.82. The number of aromatic nitrogens is 2. The highest BCUT2D eigenvalue weighted by Gasteiger charge is 2.35. The van der Waals surface area contributed by atoms with Gasteiger partial charge < -0.3 is 30.1 Å². The fourth-order valence-corrected chi connectivity index (χ4v) is 4.15. The SMILES string of the molecule is C=CC(=O)Nc1cc(Nc2ncc3c(n2)N(C(C)C)C(=O)N(C(C)C)C3)c(OC)cc1N(C)CCN(C)C. The monoisotopic (exact) mass is 524 g/mol. The van der Waals surface area contributed by atoms with Crippen LogP contribution in [0.15, 0.2) is 31.0 Å². The van der Waals surface area contributed by atoms with Crippen molar-refractivity contribution in [3.05, 3.63) is 36.5 Å². The number of amides is 3. The van der Waals surface area contributed by atoms with Gasteiger partial charge in [-0.15, -0.1) is 0 Å². The second kappa shape index (κ2) is 12.1. The smallest absolute Gasteiger partial charge is 0.326 e. The van der Waals surface area contributed by atoms with E-state index in [-0.39, 0.29) is 24.0 Å². The number of likely N-dealkylation sites (N-methyl/N-ethyl adjacent to an activating group) is 2. The van der Waals surface area contributed by atoms with Crippen LogP contribution in [0.3, 0.4) is 0 Å². The second-order valence-electron chi connectivity index (χ2n) is 10.1. The van der Waals surface area contributed by atoms with Crippen LogP contribution in [-0.2, 0) is 11.3 Å². The van der Waals surface area contributed by atoms with E-state index in [4.69, 9.17) is 9.72 Å². The highest BCUT2D eigenvalue weighted by Crippen LogP contribution is 2.38. The van der Waals surface area contributed by atoms with Crippen LogP contribution in [-0.4, -0.2) is 85.1 Å². The molecule has 11 heteroatoms. The van der Waals surface area contributed by atoms with Gasteiger partial charge in [-0.05, 0) is 53.9 Å². The molecule has 206 valence electrons. The van der Waals surface area contributed by atoms with Crippen LogP contribution in [0.1, 0.15) is 33.3 Å². The number of methoxy groups -OCH3 is 1. The number of fused-ring (bicyclic) bond motifs is 1. The van der Waals surface area contributed by atoms with Crippen LogP contribution >= 0.6 is 0 Å². The van der Waals surface area contributed by atoms with Crippen molar-refractivity contribution < 1.29 is 14.3 Å². The number of benzene rings is 1. The van der Waals surface area contributed by atoms with E-state index < -0.39 is 0 Å². The largest absolute Gasteiger partial charge is 0.494 e. The fraction of sp³-hybridized carbons (Fsp3) is 0.481. The summed E-state index contributed by atoms with van der Waals surface area (Å²) in [6, 6.07) is 3.54. The first-order valence-corrected chi connectivity index (χ1v) is 12.7. The Labute approximate surface area is 225 Å². The number of urea groups is 1. The second-order valence-corrected chi connectivity index (χ2v) is 10.1. The molecule has 0 aliphatic carbocycles. The lowest BCUT2D eigenvalue weighted by Crippen LogP contribution is -2.52. The maximum atomic E-state index is 13.2. The molecule has 0 fully saturated rings. The molecule has 0 spiro atoms. The summed E-state index contributed by atoms with van der Waals surface area (Å²) in [6.07, 6.45) is 2.98. The molecule has 1 aromatic heterocycles. The van der Waals surface area contributed by atoms with E-state index in [2.05, 4.69) is 27.1 Å². The summed E-state index contributed by atoms with van der Waals surface area (Å²) in [6.45, 7) is 13.5. The summed E-state index contributed by atoms with van der Waals surface area (Å²) in [5.74, 6) is 1.12. The van der Waals surface area contributed by atoms with E-state index in [0.29, 0.717) is 35.4 Å². The number of nitrogens with zero attached hydrogens (tertiary/aromatic N) is 6. The minimum absolute atomic E-state index is 0.0533. The molecule has 0 unspecified atom stereocenters. The predicted molar refractivity (Wildman–Crippen MR) is 153 cm³/mol. The van der Waals surface area contributed by atoms with Gasteiger partial charge in [0.2, 0.25) is 11.9 Å². The Morgan fingerprint density at radius 1 is 1.16 bits per heavy atom. The number of ether oxygens (including phenoxy) is 1. The molecule has 3 rings (SSSR count). The molecular formula is C27H40N8O3. The number of rotatable bonds is 11. The van der Waals surface area contributed by atoms with Crippen molar-refractivity contribution >= 4 is 40.8 Å². The first-order valence-electron chi connectivity index (χ1n) is 12.7. The number of anilines is 5. The van der Waals surface area contributed by atoms with Gasteiger partial charge in [0.25, 0.3) is 0 Å². The summed E-state index contributed by atoms with van der Waals surface area (Å²) in [4.78, 5) is 42.3. The molecule has 2 aromatic rings. The van der Waals surface area contributed by atoms with E-state index in [9.17, 15) is 9.59 Å². The number of hydrogen-bond acceptors (Lipinski definition) is 8. The molecule has 1 aromatic carbocycles. The van der Waals surface area contributed by atoms with E-state index in [0.717, 1.165) is 24.3 Å². The van der Waals surface area contributed by atoms with Crippen LogP contribution in [0.4, 0.5) is 33.6 Å². The van der Waals surface area contributed by atoms with Crippen molar-refractivity contribution in [1.29, 1.82) is 0 Å². The van der Waals surface area contributed by atoms with E-state index in [1.807, 2.05) is 64.7 Å². The minimum atomic E-state index is -0.325. The predicted octanol–water partition coefficient (Wildman–Crippen LogP) is 3.91. The molecular weight excluding hydrogens is 484 g/mol. The molecule has 3 amide bonds. The van der Waals surface area contributed by atoms with E-state index in [1.165, 1.54) is 6.08 Å². The van der Waals surface area contributed by atoms with Crippen molar-refractivity contribution in [2.24, 2.45) is 0 Å². The minimum Gasteiger partial charge on any atom is -0.494 e. The summed E-state index contributed by atoms with van der Waals surface area (Å²) >= 11 is 0. The normalized spacial score (nSPS) is 13.2. The lowest BCUT2D eigenvalue weighted by atomic mass is 10.1. The Hall–Kier alpha value is -3.86. The van der Waals surface area contributed by atoms with Gasteiger partial charge in [-0.3, -0.25) is 9.69 Å². The van der Waals surface area contributed by atoms with Crippen LogP contribution < -0.4 is 25.2 Å². The average Bonchev–Trinajstić information content (AvgIpc) is 2.86. The van der Waals surface area contributed by atoms with Gasteiger partial charge in [0.1, 0.15) is 11.6 Å². The lowest BCUT2D eigenvalue weighted by Gasteiger charge is -2.40. The van der Waals surface area contributed by atoms with Gasteiger partial charge in [-0.25, -0.2) is 9.78 Å². The molecule has 38 heavy (non-hydrogen) atoms. The highest BCUT2D eigenvalue weighted by molar-refractivity contribution is 6.02. The molecule has 11 nitrogen and oxygen atoms in total. The zero-order valence-electron chi connectivity index (χ0n) is 23.7. The van der Waals surface area contributed by atoms with E-state index in [1.54, 1.807) is 24.3 Å². The number of carbonyl (C=O) groups excluding carboxylic acids is 2. The zero-order chi connectivity index (χ0) is 28.1. The third kappa shape index (κ3) is 6.34. The first-order chi connectivity index (χ1) is 18.0. The third-order valence-corrected chi connectivity index (χ3v) is 6.30. The first kappa shape index (κ1) is 28.7. The van der Waals surface area contributed by atoms with Crippen LogP contribution in [0.2, 0.25) is 0 Å². The molecule has 2 N–H and O–H groups in total. The van der Waals surface area contributed by atoms with Crippen LogP contribution in [0.5, 0.6) is 5.75 Å². The maximum absolute atomic E-state index is 13.2. The number of carbonyl (C=O) groups is 2. The Morgan fingerprint density at radius 3 is 2.45 bits per heavy atom. The molecule has 0 bridgehead atoms. The van der Waals surface area contributed by atoms with Gasteiger partial charge in [0.05, 0.1) is 30.7 Å². The molecule has 0 saturated carbocycles. The molecule has 0 saturated heterocycles. The quantitative estimate of drug-likeness (QED) is 0.426.